The SMILES string of the molecule is COc1ccc2[nH]c(C3CCCOC3)nc2n1. The quantitative estimate of drug-likeness (QED) is 0.860. The minimum absolute atomic E-state index is 0.365. The summed E-state index contributed by atoms with van der Waals surface area (Å²) in [6.07, 6.45) is 2.22. The molecule has 1 atom stereocenters. The van der Waals surface area contributed by atoms with Gasteiger partial charge in [0.2, 0.25) is 5.88 Å². The number of ether oxygens (including phenoxy) is 2. The van der Waals surface area contributed by atoms with Crippen LogP contribution in [-0.2, 0) is 4.74 Å². The fourth-order valence-corrected chi connectivity index (χ4v) is 2.16. The van der Waals surface area contributed by atoms with E-state index in [9.17, 15) is 0 Å². The molecule has 1 saturated heterocycles. The zero-order valence-electron chi connectivity index (χ0n) is 9.77. The number of hydrogen-bond donors (Lipinski definition) is 1. The Morgan fingerprint density at radius 1 is 1.41 bits per heavy atom. The standard InChI is InChI=1S/C12H15N3O2/c1-16-10-5-4-9-12(14-10)15-11(13-9)8-3-2-6-17-7-8/h4-5,8H,2-3,6-7H2,1H3,(H,13,14,15). The molecule has 1 unspecified atom stereocenters. The normalized spacial score (nSPS) is 20.6. The summed E-state index contributed by atoms with van der Waals surface area (Å²) in [7, 11) is 1.61. The van der Waals surface area contributed by atoms with Crippen molar-refractivity contribution < 1.29 is 9.47 Å². The third-order valence-corrected chi connectivity index (χ3v) is 3.09. The van der Waals surface area contributed by atoms with Crippen molar-refractivity contribution >= 4 is 11.2 Å². The predicted molar refractivity (Wildman–Crippen MR) is 63.2 cm³/mol. The average Bonchev–Trinajstić information content (AvgIpc) is 2.82. The highest BCUT2D eigenvalue weighted by molar-refractivity contribution is 5.71. The van der Waals surface area contributed by atoms with Gasteiger partial charge < -0.3 is 14.5 Å². The highest BCUT2D eigenvalue weighted by Crippen LogP contribution is 2.25. The molecule has 0 amide bonds. The van der Waals surface area contributed by atoms with Gasteiger partial charge in [-0.2, -0.15) is 4.98 Å². The molecule has 0 bridgehead atoms. The Morgan fingerprint density at radius 3 is 3.12 bits per heavy atom. The number of pyridine rings is 1. The van der Waals surface area contributed by atoms with Gasteiger partial charge in [0.15, 0.2) is 5.65 Å². The number of methoxy groups -OCH3 is 1. The second kappa shape index (κ2) is 4.33. The smallest absolute Gasteiger partial charge is 0.215 e. The Hall–Kier alpha value is -1.62. The highest BCUT2D eigenvalue weighted by atomic mass is 16.5. The van der Waals surface area contributed by atoms with Crippen LogP contribution in [0.1, 0.15) is 24.6 Å². The van der Waals surface area contributed by atoms with Crippen LogP contribution in [0.3, 0.4) is 0 Å². The van der Waals surface area contributed by atoms with E-state index in [-0.39, 0.29) is 0 Å². The summed E-state index contributed by atoms with van der Waals surface area (Å²) >= 11 is 0. The molecule has 0 saturated carbocycles. The van der Waals surface area contributed by atoms with E-state index in [1.54, 1.807) is 7.11 Å². The van der Waals surface area contributed by atoms with E-state index in [1.807, 2.05) is 12.1 Å². The fraction of sp³-hybridized carbons (Fsp3) is 0.500. The summed E-state index contributed by atoms with van der Waals surface area (Å²) in [5.74, 6) is 1.93. The molecule has 2 aromatic heterocycles. The van der Waals surface area contributed by atoms with Crippen LogP contribution in [0.5, 0.6) is 5.88 Å². The van der Waals surface area contributed by atoms with Crippen molar-refractivity contribution in [2.45, 2.75) is 18.8 Å². The Kier molecular flexibility index (Phi) is 2.68. The van der Waals surface area contributed by atoms with Gasteiger partial charge in [-0.3, -0.25) is 0 Å². The van der Waals surface area contributed by atoms with Crippen LogP contribution < -0.4 is 4.74 Å². The van der Waals surface area contributed by atoms with Gasteiger partial charge >= 0.3 is 0 Å². The van der Waals surface area contributed by atoms with Crippen molar-refractivity contribution in [2.75, 3.05) is 20.3 Å². The predicted octanol–water partition coefficient (Wildman–Crippen LogP) is 1.86. The van der Waals surface area contributed by atoms with Crippen LogP contribution in [0.15, 0.2) is 12.1 Å². The second-order valence-corrected chi connectivity index (χ2v) is 4.26. The Balaban J connectivity index is 1.95. The van der Waals surface area contributed by atoms with Crippen LogP contribution in [-0.4, -0.2) is 35.3 Å². The molecule has 3 rings (SSSR count). The van der Waals surface area contributed by atoms with Gasteiger partial charge in [0.1, 0.15) is 5.82 Å². The van der Waals surface area contributed by atoms with Crippen molar-refractivity contribution in [3.05, 3.63) is 18.0 Å². The Morgan fingerprint density at radius 2 is 2.35 bits per heavy atom. The first-order valence-electron chi connectivity index (χ1n) is 5.85. The number of H-pyrrole nitrogens is 1. The summed E-state index contributed by atoms with van der Waals surface area (Å²) in [5, 5.41) is 0. The van der Waals surface area contributed by atoms with E-state index in [4.69, 9.17) is 9.47 Å². The van der Waals surface area contributed by atoms with Crippen molar-refractivity contribution in [1.82, 2.24) is 15.0 Å². The lowest BCUT2D eigenvalue weighted by Crippen LogP contribution is -2.16. The van der Waals surface area contributed by atoms with E-state index in [2.05, 4.69) is 15.0 Å². The number of imidazole rings is 1. The van der Waals surface area contributed by atoms with Crippen molar-refractivity contribution in [2.24, 2.45) is 0 Å². The Bertz CT molecular complexity index is 517. The van der Waals surface area contributed by atoms with Gasteiger partial charge in [-0.05, 0) is 18.9 Å². The summed E-state index contributed by atoms with van der Waals surface area (Å²) in [6, 6.07) is 3.78. The van der Waals surface area contributed by atoms with Gasteiger partial charge in [-0.25, -0.2) is 4.98 Å². The molecule has 1 fully saturated rings. The molecule has 90 valence electrons. The van der Waals surface area contributed by atoms with Gasteiger partial charge in [0, 0.05) is 18.6 Å². The maximum Gasteiger partial charge on any atom is 0.215 e. The number of rotatable bonds is 2. The molecule has 17 heavy (non-hydrogen) atoms. The van der Waals surface area contributed by atoms with Crippen molar-refractivity contribution in [3.63, 3.8) is 0 Å². The Labute approximate surface area is 99.2 Å². The van der Waals surface area contributed by atoms with Crippen LogP contribution >= 0.6 is 0 Å². The molecule has 0 aromatic carbocycles. The lowest BCUT2D eigenvalue weighted by atomic mass is 10.0. The molecule has 5 nitrogen and oxygen atoms in total. The van der Waals surface area contributed by atoms with Crippen LogP contribution in [0.2, 0.25) is 0 Å². The third kappa shape index (κ3) is 1.98. The van der Waals surface area contributed by atoms with Crippen LogP contribution in [0.25, 0.3) is 11.2 Å². The molecule has 0 radical (unpaired) electrons. The van der Waals surface area contributed by atoms with Crippen molar-refractivity contribution in [3.8, 4) is 5.88 Å². The number of nitrogens with one attached hydrogen (secondary N) is 1. The third-order valence-electron chi connectivity index (χ3n) is 3.09. The van der Waals surface area contributed by atoms with E-state index < -0.39 is 0 Å². The maximum absolute atomic E-state index is 5.47. The highest BCUT2D eigenvalue weighted by Gasteiger charge is 2.19. The molecule has 2 aromatic rings. The molecule has 0 aliphatic carbocycles. The second-order valence-electron chi connectivity index (χ2n) is 4.26. The minimum Gasteiger partial charge on any atom is -0.481 e. The van der Waals surface area contributed by atoms with Gasteiger partial charge in [0.25, 0.3) is 0 Å². The number of hydrogen-bond acceptors (Lipinski definition) is 4. The largest absolute Gasteiger partial charge is 0.481 e. The maximum atomic E-state index is 5.47. The summed E-state index contributed by atoms with van der Waals surface area (Å²) < 4.78 is 10.6. The van der Waals surface area contributed by atoms with Gasteiger partial charge in [0.05, 0.1) is 19.2 Å². The molecular formula is C12H15N3O2. The van der Waals surface area contributed by atoms with Gasteiger partial charge in [-0.1, -0.05) is 0 Å². The molecule has 5 heteroatoms. The molecule has 0 spiro atoms. The van der Waals surface area contributed by atoms with Crippen LogP contribution in [0, 0.1) is 0 Å². The zero-order chi connectivity index (χ0) is 11.7. The first-order chi connectivity index (χ1) is 8.36. The van der Waals surface area contributed by atoms with E-state index >= 15 is 0 Å². The molecule has 1 aliphatic rings. The molecule has 3 heterocycles. The van der Waals surface area contributed by atoms with E-state index in [0.29, 0.717) is 17.4 Å². The molecule has 1 aliphatic heterocycles. The zero-order valence-corrected chi connectivity index (χ0v) is 9.77. The lowest BCUT2D eigenvalue weighted by Gasteiger charge is -2.19. The van der Waals surface area contributed by atoms with Crippen LogP contribution in [0.4, 0.5) is 0 Å². The number of fused-ring (bicyclic) bond motifs is 1. The van der Waals surface area contributed by atoms with E-state index in [0.717, 1.165) is 37.4 Å². The lowest BCUT2D eigenvalue weighted by molar-refractivity contribution is 0.0784. The van der Waals surface area contributed by atoms with Crippen molar-refractivity contribution in [1.29, 1.82) is 0 Å². The van der Waals surface area contributed by atoms with E-state index in [1.165, 1.54) is 0 Å². The topological polar surface area (TPSA) is 60.0 Å². The summed E-state index contributed by atoms with van der Waals surface area (Å²) in [4.78, 5) is 12.1. The molecule has 1 N–H and O–H groups in total. The monoisotopic (exact) mass is 233 g/mol. The first kappa shape index (κ1) is 10.5. The number of aromatic nitrogens is 3. The number of aromatic amines is 1. The van der Waals surface area contributed by atoms with Gasteiger partial charge in [-0.15, -0.1) is 0 Å². The summed E-state index contributed by atoms with van der Waals surface area (Å²) in [5.41, 5.74) is 1.66. The number of nitrogens with zero attached hydrogens (tertiary/aromatic N) is 2. The average molecular weight is 233 g/mol. The summed E-state index contributed by atoms with van der Waals surface area (Å²) in [6.45, 7) is 1.61. The fourth-order valence-electron chi connectivity index (χ4n) is 2.16. The first-order valence-corrected chi connectivity index (χ1v) is 5.85. The molecular weight excluding hydrogens is 218 g/mol. The minimum atomic E-state index is 0.365.